The van der Waals surface area contributed by atoms with Gasteiger partial charge in [0.15, 0.2) is 0 Å². The zero-order valence-electron chi connectivity index (χ0n) is 22.1. The molecule has 32 heavy (non-hydrogen) atoms. The summed E-state index contributed by atoms with van der Waals surface area (Å²) in [5, 5.41) is 9.33. The molecule has 4 heteroatoms. The summed E-state index contributed by atoms with van der Waals surface area (Å²) in [6.07, 6.45) is 23.3. The van der Waals surface area contributed by atoms with Crippen LogP contribution in [-0.2, 0) is 9.53 Å². The maximum Gasteiger partial charge on any atom is 0.306 e. The van der Waals surface area contributed by atoms with E-state index in [9.17, 15) is 9.90 Å². The van der Waals surface area contributed by atoms with Crippen LogP contribution in [0.2, 0.25) is 0 Å². The third-order valence-corrected chi connectivity index (χ3v) is 6.41. The van der Waals surface area contributed by atoms with Crippen LogP contribution in [0.25, 0.3) is 0 Å². The molecule has 0 spiro atoms. The normalized spacial score (nSPS) is 12.4. The van der Waals surface area contributed by atoms with E-state index in [0.29, 0.717) is 13.0 Å². The monoisotopic (exact) mass is 455 g/mol. The Bertz CT molecular complexity index is 389. The molecule has 0 heterocycles. The molecule has 0 aromatic heterocycles. The zero-order valence-corrected chi connectivity index (χ0v) is 22.1. The average Bonchev–Trinajstić information content (AvgIpc) is 2.78. The van der Waals surface area contributed by atoms with Crippen molar-refractivity contribution in [3.63, 3.8) is 0 Å². The molecule has 1 N–H and O–H groups in total. The molecule has 0 aromatic carbocycles. The zero-order chi connectivity index (χ0) is 23.7. The third-order valence-electron chi connectivity index (χ3n) is 6.41. The van der Waals surface area contributed by atoms with Gasteiger partial charge in [-0.3, -0.25) is 4.79 Å². The van der Waals surface area contributed by atoms with Gasteiger partial charge in [-0.2, -0.15) is 0 Å². The summed E-state index contributed by atoms with van der Waals surface area (Å²) in [5.74, 6) is -0.0435. The minimum atomic E-state index is -0.0435. The lowest BCUT2D eigenvalue weighted by Crippen LogP contribution is -2.31. The Hall–Kier alpha value is -0.610. The van der Waals surface area contributed by atoms with Crippen molar-refractivity contribution < 1.29 is 14.6 Å². The lowest BCUT2D eigenvalue weighted by Gasteiger charge is -2.23. The van der Waals surface area contributed by atoms with Crippen LogP contribution in [0.3, 0.4) is 0 Å². The molecular formula is C28H57NO3. The summed E-state index contributed by atoms with van der Waals surface area (Å²) in [6, 6.07) is 0. The largest absolute Gasteiger partial charge is 0.463 e. The number of hydrogen-bond donors (Lipinski definition) is 1. The van der Waals surface area contributed by atoms with Crippen molar-refractivity contribution in [3.8, 4) is 0 Å². The molecule has 0 bridgehead atoms. The van der Waals surface area contributed by atoms with Crippen LogP contribution in [0.15, 0.2) is 0 Å². The quantitative estimate of drug-likeness (QED) is 0.113. The number of rotatable bonds is 25. The minimum Gasteiger partial charge on any atom is -0.463 e. The first-order valence-electron chi connectivity index (χ1n) is 14.2. The van der Waals surface area contributed by atoms with Crippen LogP contribution >= 0.6 is 0 Å². The van der Waals surface area contributed by atoms with Crippen LogP contribution in [0.5, 0.6) is 0 Å². The van der Waals surface area contributed by atoms with Gasteiger partial charge in [0.1, 0.15) is 6.10 Å². The molecule has 0 saturated carbocycles. The van der Waals surface area contributed by atoms with E-state index in [1.807, 2.05) is 6.92 Å². The number of ether oxygens (including phenoxy) is 1. The van der Waals surface area contributed by atoms with Gasteiger partial charge in [-0.25, -0.2) is 0 Å². The maximum absolute atomic E-state index is 12.1. The first kappa shape index (κ1) is 31.4. The molecule has 0 aliphatic heterocycles. The number of unbranched alkanes of at least 4 members (excludes halogenated alkanes) is 15. The van der Waals surface area contributed by atoms with E-state index in [-0.39, 0.29) is 18.7 Å². The lowest BCUT2D eigenvalue weighted by atomic mass is 10.1. The van der Waals surface area contributed by atoms with E-state index in [2.05, 4.69) is 18.7 Å². The fraction of sp³-hybridized carbons (Fsp3) is 0.964. The van der Waals surface area contributed by atoms with Gasteiger partial charge < -0.3 is 14.7 Å². The van der Waals surface area contributed by atoms with Crippen LogP contribution in [-0.4, -0.2) is 48.3 Å². The Morgan fingerprint density at radius 3 is 1.66 bits per heavy atom. The number of carbonyl (C=O) groups excluding carboxylic acids is 1. The molecule has 1 unspecified atom stereocenters. The number of esters is 1. The molecular weight excluding hydrogens is 398 g/mol. The smallest absolute Gasteiger partial charge is 0.306 e. The highest BCUT2D eigenvalue weighted by atomic mass is 16.5. The Labute approximate surface area is 200 Å². The molecule has 0 rings (SSSR count). The second kappa shape index (κ2) is 25.0. The van der Waals surface area contributed by atoms with E-state index in [1.165, 1.54) is 96.3 Å². The Morgan fingerprint density at radius 2 is 1.16 bits per heavy atom. The number of nitrogens with zero attached hydrogens (tertiary/aromatic N) is 1. The summed E-state index contributed by atoms with van der Waals surface area (Å²) in [5.41, 5.74) is 0. The van der Waals surface area contributed by atoms with Crippen LogP contribution in [0, 0.1) is 0 Å². The van der Waals surface area contributed by atoms with E-state index >= 15 is 0 Å². The summed E-state index contributed by atoms with van der Waals surface area (Å²) in [4.78, 5) is 14.4. The van der Waals surface area contributed by atoms with E-state index in [0.717, 1.165) is 32.4 Å². The molecule has 0 radical (unpaired) electrons. The van der Waals surface area contributed by atoms with E-state index in [4.69, 9.17) is 4.74 Å². The van der Waals surface area contributed by atoms with Crippen molar-refractivity contribution in [2.24, 2.45) is 0 Å². The topological polar surface area (TPSA) is 49.8 Å². The molecule has 0 amide bonds. The predicted molar refractivity (Wildman–Crippen MR) is 138 cm³/mol. The van der Waals surface area contributed by atoms with Gasteiger partial charge >= 0.3 is 5.97 Å². The van der Waals surface area contributed by atoms with Crippen LogP contribution in [0.4, 0.5) is 0 Å². The summed E-state index contributed by atoms with van der Waals surface area (Å²) in [7, 11) is 0. The molecule has 0 aliphatic carbocycles. The third kappa shape index (κ3) is 22.6. The van der Waals surface area contributed by atoms with Gasteiger partial charge in [0, 0.05) is 19.5 Å². The Morgan fingerprint density at radius 1 is 0.688 bits per heavy atom. The fourth-order valence-electron chi connectivity index (χ4n) is 4.23. The highest BCUT2D eigenvalue weighted by Gasteiger charge is 2.12. The minimum absolute atomic E-state index is 0.0408. The van der Waals surface area contributed by atoms with Gasteiger partial charge in [0.25, 0.3) is 0 Å². The maximum atomic E-state index is 12.1. The van der Waals surface area contributed by atoms with Gasteiger partial charge in [0.2, 0.25) is 0 Å². The van der Waals surface area contributed by atoms with Gasteiger partial charge in [0.05, 0.1) is 6.61 Å². The molecule has 4 nitrogen and oxygen atoms in total. The molecule has 0 fully saturated rings. The summed E-state index contributed by atoms with van der Waals surface area (Å²) < 4.78 is 5.61. The van der Waals surface area contributed by atoms with Crippen molar-refractivity contribution >= 4 is 5.97 Å². The van der Waals surface area contributed by atoms with Crippen LogP contribution in [0.1, 0.15) is 143 Å². The van der Waals surface area contributed by atoms with E-state index < -0.39 is 0 Å². The molecule has 192 valence electrons. The van der Waals surface area contributed by atoms with Crippen molar-refractivity contribution in [2.45, 2.75) is 149 Å². The predicted octanol–water partition coefficient (Wildman–Crippen LogP) is 7.66. The van der Waals surface area contributed by atoms with Gasteiger partial charge in [-0.1, -0.05) is 110 Å². The number of hydrogen-bond acceptors (Lipinski definition) is 4. The lowest BCUT2D eigenvalue weighted by molar-refractivity contribution is -0.148. The molecule has 0 saturated heterocycles. The van der Waals surface area contributed by atoms with Crippen molar-refractivity contribution in [3.05, 3.63) is 0 Å². The number of aliphatic hydroxyl groups excluding tert-OH is 1. The average molecular weight is 456 g/mol. The standard InChI is InChI=1S/C28H57NO3/c1-4-6-8-10-12-13-14-15-16-17-19-21-28(31)32-27(3)22-24-29(25-26-30)23-20-18-11-9-7-5-2/h27,30H,4-26H2,1-3H3. The van der Waals surface area contributed by atoms with E-state index in [1.54, 1.807) is 0 Å². The highest BCUT2D eigenvalue weighted by Crippen LogP contribution is 2.13. The summed E-state index contributed by atoms with van der Waals surface area (Å²) >= 11 is 0. The second-order valence-electron chi connectivity index (χ2n) is 9.71. The van der Waals surface area contributed by atoms with Gasteiger partial charge in [-0.05, 0) is 32.7 Å². The number of aliphatic hydroxyl groups is 1. The Balaban J connectivity index is 3.66. The first-order chi connectivity index (χ1) is 15.6. The summed E-state index contributed by atoms with van der Waals surface area (Å²) in [6.45, 7) is 9.35. The van der Waals surface area contributed by atoms with Gasteiger partial charge in [-0.15, -0.1) is 0 Å². The number of carbonyl (C=O) groups is 1. The first-order valence-corrected chi connectivity index (χ1v) is 14.2. The second-order valence-corrected chi connectivity index (χ2v) is 9.71. The fourth-order valence-corrected chi connectivity index (χ4v) is 4.23. The van der Waals surface area contributed by atoms with Crippen molar-refractivity contribution in [2.75, 3.05) is 26.2 Å². The van der Waals surface area contributed by atoms with Crippen molar-refractivity contribution in [1.82, 2.24) is 4.90 Å². The molecule has 0 aromatic rings. The molecule has 0 aliphatic rings. The SMILES string of the molecule is CCCCCCCCCCCCCC(=O)OC(C)CCN(CCO)CCCCCCCC. The highest BCUT2D eigenvalue weighted by molar-refractivity contribution is 5.69. The van der Waals surface area contributed by atoms with Crippen molar-refractivity contribution in [1.29, 1.82) is 0 Å². The van der Waals surface area contributed by atoms with Crippen LogP contribution < -0.4 is 0 Å². The molecule has 1 atom stereocenters. The Kier molecular flexibility index (Phi) is 24.5.